The molecule has 2 unspecified atom stereocenters. The maximum Gasteiger partial charge on any atom is 0.305 e. The van der Waals surface area contributed by atoms with Crippen LogP contribution in [0, 0.1) is 0 Å². The van der Waals surface area contributed by atoms with E-state index < -0.39 is 12.1 Å². The number of hydrogen-bond donors (Lipinski definition) is 3. The number of aliphatic hydroxyl groups is 2. The summed E-state index contributed by atoms with van der Waals surface area (Å²) in [5.74, 6) is -0.0508. The van der Waals surface area contributed by atoms with Crippen LogP contribution < -0.4 is 5.32 Å². The van der Waals surface area contributed by atoms with E-state index in [1.54, 1.807) is 6.08 Å². The molecule has 2 atom stereocenters. The lowest BCUT2D eigenvalue weighted by Crippen LogP contribution is -2.45. The van der Waals surface area contributed by atoms with Gasteiger partial charge in [0.05, 0.1) is 25.4 Å². The number of unbranched alkanes of at least 4 members (excludes halogenated alkanes) is 47. The molecule has 0 fully saturated rings. The molecule has 71 heavy (non-hydrogen) atoms. The van der Waals surface area contributed by atoms with Crippen LogP contribution in [0.25, 0.3) is 0 Å². The second kappa shape index (κ2) is 60.9. The Hall–Kier alpha value is -1.66. The van der Waals surface area contributed by atoms with Crippen molar-refractivity contribution >= 4 is 11.9 Å². The number of aliphatic hydroxyl groups excluding tert-OH is 2. The van der Waals surface area contributed by atoms with Gasteiger partial charge in [0.2, 0.25) is 5.91 Å². The molecule has 0 spiro atoms. The van der Waals surface area contributed by atoms with Gasteiger partial charge in [0.15, 0.2) is 0 Å². The van der Waals surface area contributed by atoms with E-state index in [1.807, 2.05) is 6.08 Å². The molecule has 3 N–H and O–H groups in total. The van der Waals surface area contributed by atoms with Crippen LogP contribution in [0.4, 0.5) is 0 Å². The summed E-state index contributed by atoms with van der Waals surface area (Å²) in [5.41, 5.74) is 0. The number of hydrogen-bond acceptors (Lipinski definition) is 5. The number of carbonyl (C=O) groups excluding carboxylic acids is 2. The highest BCUT2D eigenvalue weighted by Crippen LogP contribution is 2.18. The van der Waals surface area contributed by atoms with Crippen LogP contribution in [-0.4, -0.2) is 47.4 Å². The van der Waals surface area contributed by atoms with E-state index in [4.69, 9.17) is 4.74 Å². The van der Waals surface area contributed by atoms with E-state index in [-0.39, 0.29) is 18.5 Å². The first-order valence-electron chi connectivity index (χ1n) is 32.1. The van der Waals surface area contributed by atoms with Crippen LogP contribution >= 0.6 is 0 Å². The van der Waals surface area contributed by atoms with Gasteiger partial charge < -0.3 is 20.3 Å². The van der Waals surface area contributed by atoms with E-state index in [2.05, 4.69) is 31.3 Å². The minimum atomic E-state index is -0.842. The second-order valence-electron chi connectivity index (χ2n) is 22.1. The molecule has 0 aliphatic heterocycles. The molecule has 1 amide bonds. The van der Waals surface area contributed by atoms with Crippen molar-refractivity contribution in [1.29, 1.82) is 0 Å². The van der Waals surface area contributed by atoms with Gasteiger partial charge in [0.25, 0.3) is 0 Å². The second-order valence-corrected chi connectivity index (χ2v) is 22.1. The van der Waals surface area contributed by atoms with Gasteiger partial charge in [-0.1, -0.05) is 308 Å². The van der Waals surface area contributed by atoms with Gasteiger partial charge in [0, 0.05) is 12.8 Å². The summed E-state index contributed by atoms with van der Waals surface area (Å²) in [6, 6.07) is -0.626. The lowest BCUT2D eigenvalue weighted by Gasteiger charge is -2.20. The predicted octanol–water partition coefficient (Wildman–Crippen LogP) is 20.2. The summed E-state index contributed by atoms with van der Waals surface area (Å²) in [7, 11) is 0. The van der Waals surface area contributed by atoms with Gasteiger partial charge in [-0.3, -0.25) is 9.59 Å². The zero-order chi connectivity index (χ0) is 51.4. The van der Waals surface area contributed by atoms with Crippen LogP contribution in [0.15, 0.2) is 24.3 Å². The summed E-state index contributed by atoms with van der Waals surface area (Å²) in [6.07, 6.45) is 75.3. The van der Waals surface area contributed by atoms with E-state index in [9.17, 15) is 19.8 Å². The summed E-state index contributed by atoms with van der Waals surface area (Å²) in [4.78, 5) is 24.5. The fraction of sp³-hybridized carbons (Fsp3) is 0.908. The molecule has 0 bridgehead atoms. The first-order chi connectivity index (χ1) is 35.0. The molecule has 0 aliphatic rings. The molecule has 0 heterocycles. The molecular weight excluding hydrogens is 875 g/mol. The molecule has 6 nitrogen and oxygen atoms in total. The van der Waals surface area contributed by atoms with Gasteiger partial charge in [-0.25, -0.2) is 0 Å². The summed E-state index contributed by atoms with van der Waals surface area (Å²) in [6.45, 7) is 4.91. The van der Waals surface area contributed by atoms with Crippen LogP contribution in [0.5, 0.6) is 0 Å². The standard InChI is InChI=1S/C65H125NO5/c1-3-5-7-9-11-13-15-16-17-29-33-36-39-43-47-51-55-59-65(70)71-60-56-52-48-44-40-37-34-31-28-26-24-22-20-18-19-21-23-25-27-30-32-35-38-42-46-50-54-58-64(69)66-62(61-67)63(68)57-53-49-45-41-14-12-10-8-6-4-2/h18-19,53,57,62-63,67-68H,3-17,20-52,54-56,58-61H2,1-2H3,(H,66,69)/b19-18-,57-53+. The Balaban J connectivity index is 3.35. The molecule has 0 radical (unpaired) electrons. The molecule has 0 aliphatic carbocycles. The van der Waals surface area contributed by atoms with Gasteiger partial charge in [-0.05, 0) is 57.8 Å². The zero-order valence-corrected chi connectivity index (χ0v) is 48.0. The Morgan fingerprint density at radius 1 is 0.380 bits per heavy atom. The quantitative estimate of drug-likeness (QED) is 0.0320. The minimum Gasteiger partial charge on any atom is -0.466 e. The average molecular weight is 1000 g/mol. The third kappa shape index (κ3) is 57.5. The van der Waals surface area contributed by atoms with Crippen molar-refractivity contribution in [3.63, 3.8) is 0 Å². The highest BCUT2D eigenvalue weighted by atomic mass is 16.5. The Kier molecular flexibility index (Phi) is 59.5. The third-order valence-electron chi connectivity index (χ3n) is 15.0. The molecule has 0 rings (SSSR count). The number of carbonyl (C=O) groups is 2. The lowest BCUT2D eigenvalue weighted by molar-refractivity contribution is -0.143. The Morgan fingerprint density at radius 2 is 0.662 bits per heavy atom. The van der Waals surface area contributed by atoms with E-state index in [0.29, 0.717) is 19.4 Å². The summed E-state index contributed by atoms with van der Waals surface area (Å²) < 4.78 is 5.50. The van der Waals surface area contributed by atoms with Crippen LogP contribution in [-0.2, 0) is 14.3 Å². The van der Waals surface area contributed by atoms with Crippen molar-refractivity contribution in [1.82, 2.24) is 5.32 Å². The average Bonchev–Trinajstić information content (AvgIpc) is 3.37. The smallest absolute Gasteiger partial charge is 0.305 e. The van der Waals surface area contributed by atoms with Crippen molar-refractivity contribution in [2.24, 2.45) is 0 Å². The Bertz CT molecular complexity index is 1110. The first-order valence-corrected chi connectivity index (χ1v) is 32.1. The van der Waals surface area contributed by atoms with Crippen molar-refractivity contribution in [3.05, 3.63) is 24.3 Å². The van der Waals surface area contributed by atoms with Gasteiger partial charge in [-0.15, -0.1) is 0 Å². The maximum absolute atomic E-state index is 12.4. The van der Waals surface area contributed by atoms with Crippen molar-refractivity contribution in [2.75, 3.05) is 13.2 Å². The number of nitrogens with one attached hydrogen (secondary N) is 1. The monoisotopic (exact) mass is 1000 g/mol. The zero-order valence-electron chi connectivity index (χ0n) is 48.0. The molecule has 420 valence electrons. The van der Waals surface area contributed by atoms with Crippen LogP contribution in [0.3, 0.4) is 0 Å². The fourth-order valence-corrected chi connectivity index (χ4v) is 10.0. The largest absolute Gasteiger partial charge is 0.466 e. The van der Waals surface area contributed by atoms with E-state index in [1.165, 1.54) is 289 Å². The highest BCUT2D eigenvalue weighted by Gasteiger charge is 2.18. The van der Waals surface area contributed by atoms with Gasteiger partial charge >= 0.3 is 5.97 Å². The molecule has 0 aromatic rings. The lowest BCUT2D eigenvalue weighted by atomic mass is 10.0. The number of esters is 1. The van der Waals surface area contributed by atoms with Gasteiger partial charge in [0.1, 0.15) is 0 Å². The van der Waals surface area contributed by atoms with Crippen molar-refractivity contribution in [2.45, 2.75) is 366 Å². The maximum atomic E-state index is 12.4. The van der Waals surface area contributed by atoms with Crippen LogP contribution in [0.1, 0.15) is 354 Å². The summed E-state index contributed by atoms with van der Waals surface area (Å²) >= 11 is 0. The Labute approximate surface area is 443 Å². The number of amides is 1. The van der Waals surface area contributed by atoms with E-state index in [0.717, 1.165) is 38.5 Å². The van der Waals surface area contributed by atoms with E-state index >= 15 is 0 Å². The molecule has 0 aromatic heterocycles. The van der Waals surface area contributed by atoms with Crippen molar-refractivity contribution in [3.8, 4) is 0 Å². The van der Waals surface area contributed by atoms with Crippen molar-refractivity contribution < 1.29 is 24.5 Å². The predicted molar refractivity (Wildman–Crippen MR) is 310 cm³/mol. The van der Waals surface area contributed by atoms with Crippen LogP contribution in [0.2, 0.25) is 0 Å². The molecular formula is C65H125NO5. The topological polar surface area (TPSA) is 95.9 Å². The fourth-order valence-electron chi connectivity index (χ4n) is 10.0. The summed E-state index contributed by atoms with van der Waals surface area (Å²) in [5, 5.41) is 23.0. The SMILES string of the molecule is CCCCCCCCCC/C=C/C(O)C(CO)NC(=O)CCCCCCCCCCCCC/C=C\CCCCCCCCCCCCCCOC(=O)CCCCCCCCCCCCCCCCCCC. The molecule has 0 saturated heterocycles. The third-order valence-corrected chi connectivity index (χ3v) is 15.0. The Morgan fingerprint density at radius 3 is 1.00 bits per heavy atom. The van der Waals surface area contributed by atoms with Gasteiger partial charge in [-0.2, -0.15) is 0 Å². The number of ether oxygens (including phenoxy) is 1. The number of rotatable bonds is 60. The molecule has 6 heteroatoms. The highest BCUT2D eigenvalue weighted by molar-refractivity contribution is 5.76. The normalized spacial score (nSPS) is 12.7. The molecule has 0 saturated carbocycles. The number of allylic oxidation sites excluding steroid dienone is 3. The first kappa shape index (κ1) is 69.3. The minimum absolute atomic E-state index is 0.0189. The molecule has 0 aromatic carbocycles.